The van der Waals surface area contributed by atoms with Gasteiger partial charge in [-0.1, -0.05) is 13.8 Å². The molecule has 16 heavy (non-hydrogen) atoms. The van der Waals surface area contributed by atoms with Crippen LogP contribution in [0.1, 0.15) is 33.0 Å². The van der Waals surface area contributed by atoms with Crippen molar-refractivity contribution in [1.29, 1.82) is 0 Å². The van der Waals surface area contributed by atoms with Gasteiger partial charge in [-0.05, 0) is 26.2 Å². The van der Waals surface area contributed by atoms with Gasteiger partial charge in [-0.15, -0.1) is 0 Å². The monoisotopic (exact) mass is 223 g/mol. The third-order valence-corrected chi connectivity index (χ3v) is 2.20. The van der Waals surface area contributed by atoms with Crippen molar-refractivity contribution in [3.8, 4) is 5.88 Å². The average Bonchev–Trinajstić information content (AvgIpc) is 2.14. The summed E-state index contributed by atoms with van der Waals surface area (Å²) in [6.07, 6.45) is 1.21. The molecule has 1 heterocycles. The van der Waals surface area contributed by atoms with Crippen molar-refractivity contribution in [3.63, 3.8) is 0 Å². The molecular weight excluding hydrogens is 202 g/mol. The third-order valence-electron chi connectivity index (χ3n) is 2.20. The Kier molecular flexibility index (Phi) is 4.52. The van der Waals surface area contributed by atoms with Crippen molar-refractivity contribution in [2.24, 2.45) is 5.92 Å². The van der Waals surface area contributed by atoms with Crippen LogP contribution in [0.5, 0.6) is 5.88 Å². The number of ether oxygens (including phenoxy) is 1. The first-order chi connectivity index (χ1) is 7.51. The van der Waals surface area contributed by atoms with Gasteiger partial charge in [0, 0.05) is 13.1 Å². The first kappa shape index (κ1) is 12.7. The lowest BCUT2D eigenvalue weighted by molar-refractivity contribution is 0.185. The summed E-state index contributed by atoms with van der Waals surface area (Å²) in [5, 5.41) is 2.99. The van der Waals surface area contributed by atoms with Crippen LogP contribution in [0.15, 0.2) is 6.07 Å². The highest BCUT2D eigenvalue weighted by Gasteiger charge is 2.09. The molecule has 0 bridgehead atoms. The molecule has 0 fully saturated rings. The molecule has 1 N–H and O–H groups in total. The van der Waals surface area contributed by atoms with Crippen molar-refractivity contribution >= 4 is 5.82 Å². The third kappa shape index (κ3) is 4.04. The van der Waals surface area contributed by atoms with Gasteiger partial charge < -0.3 is 10.1 Å². The van der Waals surface area contributed by atoms with E-state index in [1.165, 1.54) is 0 Å². The standard InChI is InChI=1S/C12H21N3O/c1-8(2)6-9(3)16-12-7-11(13-5)14-10(4)15-12/h7-9H,6H2,1-5H3,(H,13,14,15). The number of hydrogen-bond acceptors (Lipinski definition) is 4. The highest BCUT2D eigenvalue weighted by Crippen LogP contribution is 2.16. The minimum Gasteiger partial charge on any atom is -0.474 e. The second kappa shape index (κ2) is 5.68. The number of hydrogen-bond donors (Lipinski definition) is 1. The predicted octanol–water partition coefficient (Wildman–Crippen LogP) is 2.64. The van der Waals surface area contributed by atoms with Crippen LogP contribution < -0.4 is 10.1 Å². The molecule has 0 aliphatic heterocycles. The molecule has 0 aliphatic carbocycles. The molecular formula is C12H21N3O. The van der Waals surface area contributed by atoms with E-state index in [1.807, 2.05) is 20.0 Å². The van der Waals surface area contributed by atoms with Crippen LogP contribution in [0, 0.1) is 12.8 Å². The van der Waals surface area contributed by atoms with E-state index >= 15 is 0 Å². The molecule has 0 radical (unpaired) electrons. The molecule has 0 saturated heterocycles. The van der Waals surface area contributed by atoms with E-state index in [-0.39, 0.29) is 6.10 Å². The summed E-state index contributed by atoms with van der Waals surface area (Å²) in [4.78, 5) is 8.47. The molecule has 4 nitrogen and oxygen atoms in total. The maximum atomic E-state index is 5.76. The second-order valence-electron chi connectivity index (χ2n) is 4.45. The number of rotatable bonds is 5. The number of aromatic nitrogens is 2. The Labute approximate surface area is 97.5 Å². The summed E-state index contributed by atoms with van der Waals surface area (Å²) in [5.41, 5.74) is 0. The largest absolute Gasteiger partial charge is 0.474 e. The van der Waals surface area contributed by atoms with Crippen molar-refractivity contribution < 1.29 is 4.74 Å². The van der Waals surface area contributed by atoms with Gasteiger partial charge >= 0.3 is 0 Å². The van der Waals surface area contributed by atoms with E-state index in [4.69, 9.17) is 4.74 Å². The van der Waals surface area contributed by atoms with Gasteiger partial charge in [-0.3, -0.25) is 0 Å². The molecule has 1 aromatic heterocycles. The van der Waals surface area contributed by atoms with Crippen LogP contribution in [-0.4, -0.2) is 23.1 Å². The Bertz CT molecular complexity index is 339. The molecule has 0 aromatic carbocycles. The average molecular weight is 223 g/mol. The summed E-state index contributed by atoms with van der Waals surface area (Å²) >= 11 is 0. The minimum atomic E-state index is 0.180. The molecule has 90 valence electrons. The highest BCUT2D eigenvalue weighted by atomic mass is 16.5. The quantitative estimate of drug-likeness (QED) is 0.833. The normalized spacial score (nSPS) is 12.6. The van der Waals surface area contributed by atoms with Crippen LogP contribution in [0.4, 0.5) is 5.82 Å². The maximum absolute atomic E-state index is 5.76. The summed E-state index contributed by atoms with van der Waals surface area (Å²) in [6.45, 7) is 8.30. The van der Waals surface area contributed by atoms with Crippen molar-refractivity contribution in [1.82, 2.24) is 9.97 Å². The van der Waals surface area contributed by atoms with E-state index < -0.39 is 0 Å². The predicted molar refractivity (Wildman–Crippen MR) is 65.9 cm³/mol. The lowest BCUT2D eigenvalue weighted by Crippen LogP contribution is -2.15. The van der Waals surface area contributed by atoms with Gasteiger partial charge in [0.15, 0.2) is 0 Å². The van der Waals surface area contributed by atoms with E-state index in [0.29, 0.717) is 11.8 Å². The number of nitrogens with zero attached hydrogens (tertiary/aromatic N) is 2. The first-order valence-corrected chi connectivity index (χ1v) is 5.71. The number of nitrogens with one attached hydrogen (secondary N) is 1. The molecule has 4 heteroatoms. The van der Waals surface area contributed by atoms with Gasteiger partial charge in [-0.2, -0.15) is 4.98 Å². The maximum Gasteiger partial charge on any atom is 0.218 e. The molecule has 0 spiro atoms. The van der Waals surface area contributed by atoms with Gasteiger partial charge in [0.05, 0.1) is 6.10 Å². The van der Waals surface area contributed by atoms with Gasteiger partial charge in [0.2, 0.25) is 5.88 Å². The molecule has 1 atom stereocenters. The second-order valence-corrected chi connectivity index (χ2v) is 4.45. The summed E-state index contributed by atoms with van der Waals surface area (Å²) < 4.78 is 5.76. The first-order valence-electron chi connectivity index (χ1n) is 5.71. The topological polar surface area (TPSA) is 47.0 Å². The zero-order valence-electron chi connectivity index (χ0n) is 10.7. The van der Waals surface area contributed by atoms with Gasteiger partial charge in [0.25, 0.3) is 0 Å². The van der Waals surface area contributed by atoms with Crippen LogP contribution >= 0.6 is 0 Å². The fourth-order valence-electron chi connectivity index (χ4n) is 1.65. The smallest absolute Gasteiger partial charge is 0.218 e. The fraction of sp³-hybridized carbons (Fsp3) is 0.667. The van der Waals surface area contributed by atoms with Crippen LogP contribution in [-0.2, 0) is 0 Å². The fourth-order valence-corrected chi connectivity index (χ4v) is 1.65. The summed E-state index contributed by atoms with van der Waals surface area (Å²) in [5.74, 6) is 2.78. The Morgan fingerprint density at radius 2 is 2.00 bits per heavy atom. The minimum absolute atomic E-state index is 0.180. The van der Waals surface area contributed by atoms with Crippen LogP contribution in [0.25, 0.3) is 0 Å². The van der Waals surface area contributed by atoms with Gasteiger partial charge in [-0.25, -0.2) is 4.98 Å². The summed E-state index contributed by atoms with van der Waals surface area (Å²) in [7, 11) is 1.84. The number of anilines is 1. The molecule has 0 aliphatic rings. The molecule has 1 unspecified atom stereocenters. The Hall–Kier alpha value is -1.32. The SMILES string of the molecule is CNc1cc(OC(C)CC(C)C)nc(C)n1. The zero-order valence-corrected chi connectivity index (χ0v) is 10.7. The van der Waals surface area contributed by atoms with Crippen molar-refractivity contribution in [2.75, 3.05) is 12.4 Å². The Morgan fingerprint density at radius 3 is 2.56 bits per heavy atom. The van der Waals surface area contributed by atoms with Crippen LogP contribution in [0.2, 0.25) is 0 Å². The lowest BCUT2D eigenvalue weighted by atomic mass is 10.1. The highest BCUT2D eigenvalue weighted by molar-refractivity contribution is 5.37. The van der Waals surface area contributed by atoms with E-state index in [2.05, 4.69) is 36.1 Å². The van der Waals surface area contributed by atoms with Gasteiger partial charge in [0.1, 0.15) is 11.6 Å². The molecule has 0 saturated carbocycles. The van der Waals surface area contributed by atoms with E-state index in [9.17, 15) is 0 Å². The molecule has 1 aromatic rings. The number of aryl methyl sites for hydroxylation is 1. The van der Waals surface area contributed by atoms with E-state index in [1.54, 1.807) is 0 Å². The van der Waals surface area contributed by atoms with Crippen molar-refractivity contribution in [3.05, 3.63) is 11.9 Å². The molecule has 0 amide bonds. The molecule has 1 rings (SSSR count). The zero-order chi connectivity index (χ0) is 12.1. The summed E-state index contributed by atoms with van der Waals surface area (Å²) in [6, 6.07) is 1.82. The van der Waals surface area contributed by atoms with Crippen molar-refractivity contribution in [2.45, 2.75) is 40.2 Å². The Balaban J connectivity index is 2.69. The van der Waals surface area contributed by atoms with E-state index in [0.717, 1.165) is 18.1 Å². The van der Waals surface area contributed by atoms with Crippen LogP contribution in [0.3, 0.4) is 0 Å². The lowest BCUT2D eigenvalue weighted by Gasteiger charge is -2.16. The Morgan fingerprint density at radius 1 is 1.31 bits per heavy atom.